The minimum Gasteiger partial charge on any atom is -0.322 e. The number of benzene rings is 3. The summed E-state index contributed by atoms with van der Waals surface area (Å²) in [4.78, 5) is 27.4. The number of anilines is 2. The van der Waals surface area contributed by atoms with E-state index in [2.05, 4.69) is 17.4 Å². The maximum Gasteiger partial charge on any atom is 0.255 e. The van der Waals surface area contributed by atoms with Gasteiger partial charge < -0.3 is 10.2 Å². The molecule has 0 aliphatic carbocycles. The lowest BCUT2D eigenvalue weighted by molar-refractivity contribution is -0.117. The summed E-state index contributed by atoms with van der Waals surface area (Å²) in [6.45, 7) is 0.763. The van der Waals surface area contributed by atoms with E-state index in [1.807, 2.05) is 66.7 Å². The third-order valence-electron chi connectivity index (χ3n) is 4.88. The highest BCUT2D eigenvalue weighted by atomic mass is 32.2. The van der Waals surface area contributed by atoms with Gasteiger partial charge in [-0.25, -0.2) is 0 Å². The number of hydrogen-bond acceptors (Lipinski definition) is 3. The van der Waals surface area contributed by atoms with E-state index in [4.69, 9.17) is 0 Å². The summed E-state index contributed by atoms with van der Waals surface area (Å²) < 4.78 is 0. The molecule has 0 atom stereocenters. The maximum absolute atomic E-state index is 12.5. The van der Waals surface area contributed by atoms with E-state index < -0.39 is 0 Å². The molecule has 0 saturated carbocycles. The predicted octanol–water partition coefficient (Wildman–Crippen LogP) is 5.36. The third-order valence-corrected chi connectivity index (χ3v) is 5.96. The molecule has 1 aliphatic rings. The van der Waals surface area contributed by atoms with Crippen molar-refractivity contribution in [2.24, 2.45) is 0 Å². The predicted molar refractivity (Wildman–Crippen MR) is 118 cm³/mol. The molecule has 5 heteroatoms. The summed E-state index contributed by atoms with van der Waals surface area (Å²) in [6.07, 6.45) is 1.51. The molecule has 1 saturated heterocycles. The number of carbonyl (C=O) groups is 2. The zero-order valence-corrected chi connectivity index (χ0v) is 16.8. The average Bonchev–Trinajstić information content (AvgIpc) is 3.20. The zero-order valence-electron chi connectivity index (χ0n) is 16.0. The van der Waals surface area contributed by atoms with Crippen molar-refractivity contribution in [2.75, 3.05) is 16.8 Å². The molecule has 29 heavy (non-hydrogen) atoms. The Hall–Kier alpha value is -3.05. The summed E-state index contributed by atoms with van der Waals surface area (Å²) in [6, 6.07) is 25.4. The van der Waals surface area contributed by atoms with E-state index in [-0.39, 0.29) is 11.8 Å². The van der Waals surface area contributed by atoms with Crippen LogP contribution in [0, 0.1) is 0 Å². The fourth-order valence-electron chi connectivity index (χ4n) is 3.28. The highest BCUT2D eigenvalue weighted by molar-refractivity contribution is 7.98. The molecule has 3 aromatic carbocycles. The van der Waals surface area contributed by atoms with Crippen molar-refractivity contribution in [1.82, 2.24) is 0 Å². The first-order valence-electron chi connectivity index (χ1n) is 9.68. The number of rotatable bonds is 6. The summed E-state index contributed by atoms with van der Waals surface area (Å²) in [5.74, 6) is 0.882. The lowest BCUT2D eigenvalue weighted by Crippen LogP contribution is -2.23. The van der Waals surface area contributed by atoms with Crippen molar-refractivity contribution in [2.45, 2.75) is 23.5 Å². The second-order valence-corrected chi connectivity index (χ2v) is 8.00. The molecule has 1 aliphatic heterocycles. The van der Waals surface area contributed by atoms with Crippen LogP contribution in [0.1, 0.15) is 28.8 Å². The van der Waals surface area contributed by atoms with Gasteiger partial charge in [0.2, 0.25) is 5.91 Å². The molecular formula is C24H22N2O2S. The van der Waals surface area contributed by atoms with E-state index in [9.17, 15) is 9.59 Å². The molecule has 0 unspecified atom stereocenters. The Morgan fingerprint density at radius 1 is 0.931 bits per heavy atom. The summed E-state index contributed by atoms with van der Waals surface area (Å²) in [5, 5.41) is 2.92. The first-order valence-corrected chi connectivity index (χ1v) is 10.7. The summed E-state index contributed by atoms with van der Waals surface area (Å²) >= 11 is 1.77. The minimum absolute atomic E-state index is 0.141. The van der Waals surface area contributed by atoms with Gasteiger partial charge in [0.1, 0.15) is 0 Å². The Morgan fingerprint density at radius 2 is 1.66 bits per heavy atom. The monoisotopic (exact) mass is 402 g/mol. The molecule has 1 heterocycles. The van der Waals surface area contributed by atoms with Gasteiger partial charge in [-0.05, 0) is 60.5 Å². The lowest BCUT2D eigenvalue weighted by atomic mass is 10.1. The van der Waals surface area contributed by atoms with Crippen LogP contribution in [0.2, 0.25) is 0 Å². The van der Waals surface area contributed by atoms with Gasteiger partial charge in [-0.2, -0.15) is 0 Å². The van der Waals surface area contributed by atoms with Crippen LogP contribution in [0.15, 0.2) is 83.8 Å². The Labute approximate surface area is 174 Å². The number of carbonyl (C=O) groups excluding carboxylic acids is 2. The summed E-state index contributed by atoms with van der Waals surface area (Å²) in [7, 11) is 0. The maximum atomic E-state index is 12.5. The van der Waals surface area contributed by atoms with Gasteiger partial charge in [-0.1, -0.05) is 30.3 Å². The van der Waals surface area contributed by atoms with Crippen LogP contribution < -0.4 is 10.2 Å². The second kappa shape index (κ2) is 8.97. The number of thioether (sulfide) groups is 1. The van der Waals surface area contributed by atoms with Crippen LogP contribution in [-0.2, 0) is 10.5 Å². The van der Waals surface area contributed by atoms with Crippen LogP contribution in [0.4, 0.5) is 11.4 Å². The first-order chi connectivity index (χ1) is 14.2. The Balaban J connectivity index is 1.34. The van der Waals surface area contributed by atoms with Gasteiger partial charge in [-0.3, -0.25) is 9.59 Å². The quantitative estimate of drug-likeness (QED) is 0.565. The van der Waals surface area contributed by atoms with Gasteiger partial charge in [0.25, 0.3) is 5.91 Å². The largest absolute Gasteiger partial charge is 0.322 e. The van der Waals surface area contributed by atoms with E-state index in [0.29, 0.717) is 17.7 Å². The molecule has 1 fully saturated rings. The smallest absolute Gasteiger partial charge is 0.255 e. The Kier molecular flexibility index (Phi) is 5.96. The highest BCUT2D eigenvalue weighted by Crippen LogP contribution is 2.24. The molecule has 146 valence electrons. The van der Waals surface area contributed by atoms with E-state index in [1.54, 1.807) is 16.7 Å². The number of nitrogens with one attached hydrogen (secondary N) is 1. The molecule has 0 radical (unpaired) electrons. The molecule has 2 amide bonds. The standard InChI is InChI=1S/C24H22N2O2S/c27-23-7-4-16-26(23)21-14-12-20(13-15-21)25-24(28)19-10-8-18(9-11-19)17-29-22-5-2-1-3-6-22/h1-3,5-6,8-15H,4,7,16-17H2,(H,25,28). The molecule has 4 nitrogen and oxygen atoms in total. The van der Waals surface area contributed by atoms with Crippen molar-refractivity contribution in [3.05, 3.63) is 90.0 Å². The number of amides is 2. The van der Waals surface area contributed by atoms with E-state index >= 15 is 0 Å². The molecule has 0 spiro atoms. The van der Waals surface area contributed by atoms with Gasteiger partial charge in [0, 0.05) is 40.6 Å². The number of hydrogen-bond donors (Lipinski definition) is 1. The SMILES string of the molecule is O=C(Nc1ccc(N2CCCC2=O)cc1)c1ccc(CSc2ccccc2)cc1. The van der Waals surface area contributed by atoms with Gasteiger partial charge in [0.05, 0.1) is 0 Å². The fourth-order valence-corrected chi connectivity index (χ4v) is 4.16. The molecular weight excluding hydrogens is 380 g/mol. The first kappa shape index (κ1) is 19.3. The van der Waals surface area contributed by atoms with Crippen molar-refractivity contribution in [1.29, 1.82) is 0 Å². The van der Waals surface area contributed by atoms with Crippen molar-refractivity contribution in [3.63, 3.8) is 0 Å². The van der Waals surface area contributed by atoms with Crippen molar-refractivity contribution in [3.8, 4) is 0 Å². The molecule has 1 N–H and O–H groups in total. The van der Waals surface area contributed by atoms with Crippen molar-refractivity contribution < 1.29 is 9.59 Å². The van der Waals surface area contributed by atoms with Crippen molar-refractivity contribution >= 4 is 35.0 Å². The van der Waals surface area contributed by atoms with Crippen LogP contribution in [0.3, 0.4) is 0 Å². The normalized spacial score (nSPS) is 13.5. The van der Waals surface area contributed by atoms with Crippen LogP contribution in [-0.4, -0.2) is 18.4 Å². The van der Waals surface area contributed by atoms with E-state index in [0.717, 1.165) is 24.4 Å². The van der Waals surface area contributed by atoms with Crippen LogP contribution in [0.25, 0.3) is 0 Å². The van der Waals surface area contributed by atoms with Crippen LogP contribution in [0.5, 0.6) is 0 Å². The highest BCUT2D eigenvalue weighted by Gasteiger charge is 2.21. The average molecular weight is 403 g/mol. The third kappa shape index (κ3) is 4.87. The molecule has 0 bridgehead atoms. The van der Waals surface area contributed by atoms with Gasteiger partial charge >= 0.3 is 0 Å². The van der Waals surface area contributed by atoms with E-state index in [1.165, 1.54) is 10.5 Å². The topological polar surface area (TPSA) is 49.4 Å². The molecule has 4 rings (SSSR count). The van der Waals surface area contributed by atoms with Gasteiger partial charge in [-0.15, -0.1) is 11.8 Å². The fraction of sp³-hybridized carbons (Fsp3) is 0.167. The molecule has 0 aromatic heterocycles. The minimum atomic E-state index is -0.141. The number of nitrogens with zero attached hydrogens (tertiary/aromatic N) is 1. The Bertz CT molecular complexity index is 986. The Morgan fingerprint density at radius 3 is 2.31 bits per heavy atom. The zero-order chi connectivity index (χ0) is 20.1. The lowest BCUT2D eigenvalue weighted by Gasteiger charge is -2.16. The summed E-state index contributed by atoms with van der Waals surface area (Å²) in [5.41, 5.74) is 3.40. The van der Waals surface area contributed by atoms with Gasteiger partial charge in [0.15, 0.2) is 0 Å². The molecule has 3 aromatic rings. The van der Waals surface area contributed by atoms with Crippen LogP contribution >= 0.6 is 11.8 Å². The second-order valence-electron chi connectivity index (χ2n) is 6.95.